The van der Waals surface area contributed by atoms with Gasteiger partial charge in [0.25, 0.3) is 0 Å². The predicted molar refractivity (Wildman–Crippen MR) is 99.8 cm³/mol. The molecule has 2 heterocycles. The lowest BCUT2D eigenvalue weighted by molar-refractivity contribution is 0.573. The van der Waals surface area contributed by atoms with Crippen LogP contribution in [0.2, 0.25) is 0 Å². The Morgan fingerprint density at radius 3 is 2.58 bits per heavy atom. The molecule has 1 N–H and O–H groups in total. The Labute approximate surface area is 154 Å². The van der Waals surface area contributed by atoms with E-state index in [0.29, 0.717) is 24.2 Å². The number of nitrogens with zero attached hydrogens (tertiary/aromatic N) is 2. The first-order valence-electron chi connectivity index (χ1n) is 8.29. The van der Waals surface area contributed by atoms with Crippen molar-refractivity contribution in [2.75, 3.05) is 16.6 Å². The van der Waals surface area contributed by atoms with Gasteiger partial charge in [0, 0.05) is 25.5 Å². The van der Waals surface area contributed by atoms with Crippen molar-refractivity contribution in [3.63, 3.8) is 0 Å². The van der Waals surface area contributed by atoms with Gasteiger partial charge in [0.2, 0.25) is 20.0 Å². The number of aromatic nitrogens is 1. The van der Waals surface area contributed by atoms with Crippen LogP contribution in [-0.2, 0) is 26.6 Å². The molecule has 1 aromatic carbocycles. The summed E-state index contributed by atoms with van der Waals surface area (Å²) >= 11 is 0. The van der Waals surface area contributed by atoms with Gasteiger partial charge in [-0.1, -0.05) is 6.07 Å². The van der Waals surface area contributed by atoms with Crippen LogP contribution in [0.1, 0.15) is 24.0 Å². The van der Waals surface area contributed by atoms with E-state index < -0.39 is 20.0 Å². The fraction of sp³-hybridized carbons (Fsp3) is 0.353. The number of sulfonamides is 2. The third-order valence-corrected chi connectivity index (χ3v) is 7.73. The molecule has 1 aliphatic heterocycles. The summed E-state index contributed by atoms with van der Waals surface area (Å²) in [5.74, 6) is 0.0866. The van der Waals surface area contributed by atoms with E-state index in [1.807, 2.05) is 0 Å². The summed E-state index contributed by atoms with van der Waals surface area (Å²) in [5, 5.41) is 0. The van der Waals surface area contributed by atoms with Crippen molar-refractivity contribution in [1.29, 1.82) is 0 Å². The number of hydrogen-bond donors (Lipinski definition) is 1. The van der Waals surface area contributed by atoms with Crippen LogP contribution < -0.4 is 9.03 Å². The van der Waals surface area contributed by atoms with E-state index in [-0.39, 0.29) is 17.2 Å². The zero-order chi connectivity index (χ0) is 18.8. The summed E-state index contributed by atoms with van der Waals surface area (Å²) in [7, 11) is -7.18. The van der Waals surface area contributed by atoms with Crippen molar-refractivity contribution in [3.05, 3.63) is 53.9 Å². The Hall–Kier alpha value is -1.97. The number of pyridine rings is 1. The van der Waals surface area contributed by atoms with Gasteiger partial charge in [0.05, 0.1) is 16.3 Å². The van der Waals surface area contributed by atoms with Crippen LogP contribution in [0.5, 0.6) is 0 Å². The van der Waals surface area contributed by atoms with Crippen LogP contribution in [0, 0.1) is 6.92 Å². The summed E-state index contributed by atoms with van der Waals surface area (Å²) in [6, 6.07) is 8.19. The van der Waals surface area contributed by atoms with Crippen molar-refractivity contribution in [3.8, 4) is 0 Å². The first-order chi connectivity index (χ1) is 12.3. The molecule has 7 nitrogen and oxygen atoms in total. The monoisotopic (exact) mass is 395 g/mol. The Morgan fingerprint density at radius 1 is 1.15 bits per heavy atom. The lowest BCUT2D eigenvalue weighted by Crippen LogP contribution is -2.38. The summed E-state index contributed by atoms with van der Waals surface area (Å²) in [5.41, 5.74) is 1.74. The zero-order valence-corrected chi connectivity index (χ0v) is 16.1. The van der Waals surface area contributed by atoms with Gasteiger partial charge in [-0.2, -0.15) is 0 Å². The van der Waals surface area contributed by atoms with Crippen molar-refractivity contribution in [2.45, 2.75) is 31.2 Å². The molecule has 9 heteroatoms. The van der Waals surface area contributed by atoms with Crippen LogP contribution in [0.3, 0.4) is 0 Å². The first kappa shape index (κ1) is 18.8. The molecule has 26 heavy (non-hydrogen) atoms. The van der Waals surface area contributed by atoms with Crippen LogP contribution in [0.25, 0.3) is 0 Å². The highest BCUT2D eigenvalue weighted by Crippen LogP contribution is 2.27. The molecule has 3 rings (SSSR count). The van der Waals surface area contributed by atoms with Gasteiger partial charge in [0.1, 0.15) is 0 Å². The molecule has 1 saturated heterocycles. The number of rotatable bonds is 5. The lowest BCUT2D eigenvalue weighted by atomic mass is 10.2. The SMILES string of the molecule is Cc1ccc(N2CCCCS2(=O)=O)cc1S(=O)(=O)NCc1ccncc1. The minimum atomic E-state index is -3.78. The Morgan fingerprint density at radius 2 is 1.88 bits per heavy atom. The first-order valence-corrected chi connectivity index (χ1v) is 11.4. The molecule has 0 unspecified atom stereocenters. The minimum Gasteiger partial charge on any atom is -0.270 e. The van der Waals surface area contributed by atoms with E-state index >= 15 is 0 Å². The van der Waals surface area contributed by atoms with Crippen LogP contribution in [0.15, 0.2) is 47.6 Å². The standard InChI is InChI=1S/C17H21N3O4S2/c1-14-4-5-16(20-10-2-3-11-25(20,21)22)12-17(14)26(23,24)19-13-15-6-8-18-9-7-15/h4-9,12,19H,2-3,10-11,13H2,1H3. The van der Waals surface area contributed by atoms with E-state index in [2.05, 4.69) is 9.71 Å². The minimum absolute atomic E-state index is 0.0866. The van der Waals surface area contributed by atoms with Gasteiger partial charge < -0.3 is 0 Å². The average Bonchev–Trinajstić information content (AvgIpc) is 2.61. The summed E-state index contributed by atoms with van der Waals surface area (Å²) in [6.45, 7) is 2.20. The number of aryl methyl sites for hydroxylation is 1. The highest BCUT2D eigenvalue weighted by Gasteiger charge is 2.27. The number of hydrogen-bond acceptors (Lipinski definition) is 5. The maximum absolute atomic E-state index is 12.7. The Balaban J connectivity index is 1.89. The van der Waals surface area contributed by atoms with Gasteiger partial charge >= 0.3 is 0 Å². The summed E-state index contributed by atoms with van der Waals surface area (Å²) in [6.07, 6.45) is 4.58. The molecule has 0 radical (unpaired) electrons. The highest BCUT2D eigenvalue weighted by atomic mass is 32.2. The van der Waals surface area contributed by atoms with Crippen LogP contribution >= 0.6 is 0 Å². The number of anilines is 1. The molecule has 1 aromatic heterocycles. The van der Waals surface area contributed by atoms with E-state index in [9.17, 15) is 16.8 Å². The average molecular weight is 396 g/mol. The third kappa shape index (κ3) is 4.05. The van der Waals surface area contributed by atoms with E-state index in [4.69, 9.17) is 0 Å². The van der Waals surface area contributed by atoms with Crippen LogP contribution in [-0.4, -0.2) is 34.1 Å². The molecule has 0 atom stereocenters. The number of benzene rings is 1. The largest absolute Gasteiger partial charge is 0.270 e. The zero-order valence-electron chi connectivity index (χ0n) is 14.4. The molecule has 0 spiro atoms. The van der Waals surface area contributed by atoms with E-state index in [1.54, 1.807) is 43.6 Å². The molecule has 0 amide bonds. The van der Waals surface area contributed by atoms with Gasteiger partial charge in [-0.25, -0.2) is 21.6 Å². The maximum Gasteiger partial charge on any atom is 0.241 e. The fourth-order valence-corrected chi connectivity index (χ4v) is 5.78. The second-order valence-electron chi connectivity index (χ2n) is 6.23. The van der Waals surface area contributed by atoms with Gasteiger partial charge in [0.15, 0.2) is 0 Å². The second-order valence-corrected chi connectivity index (χ2v) is 9.97. The van der Waals surface area contributed by atoms with Gasteiger partial charge in [-0.05, 0) is 55.2 Å². The van der Waals surface area contributed by atoms with Crippen molar-refractivity contribution < 1.29 is 16.8 Å². The van der Waals surface area contributed by atoms with Crippen molar-refractivity contribution in [2.24, 2.45) is 0 Å². The topological polar surface area (TPSA) is 96.4 Å². The third-order valence-electron chi connectivity index (χ3n) is 4.31. The second kappa shape index (κ2) is 7.34. The molecule has 2 aromatic rings. The highest BCUT2D eigenvalue weighted by molar-refractivity contribution is 7.92. The normalized spacial score (nSPS) is 17.2. The van der Waals surface area contributed by atoms with Crippen LogP contribution in [0.4, 0.5) is 5.69 Å². The molecule has 140 valence electrons. The summed E-state index contributed by atoms with van der Waals surface area (Å²) < 4.78 is 53.9. The van der Waals surface area contributed by atoms with E-state index in [0.717, 1.165) is 12.0 Å². The Kier molecular flexibility index (Phi) is 5.31. The molecule has 0 aliphatic carbocycles. The van der Waals surface area contributed by atoms with Crippen molar-refractivity contribution in [1.82, 2.24) is 9.71 Å². The quantitative estimate of drug-likeness (QED) is 0.833. The van der Waals surface area contributed by atoms with E-state index in [1.165, 1.54) is 10.4 Å². The molecule has 0 saturated carbocycles. The molecule has 1 aliphatic rings. The predicted octanol–water partition coefficient (Wildman–Crippen LogP) is 1.80. The van der Waals surface area contributed by atoms with Gasteiger partial charge in [-0.3, -0.25) is 9.29 Å². The fourth-order valence-electron chi connectivity index (χ4n) is 2.87. The molecular weight excluding hydrogens is 374 g/mol. The molecule has 1 fully saturated rings. The van der Waals surface area contributed by atoms with Crippen molar-refractivity contribution >= 4 is 25.7 Å². The maximum atomic E-state index is 12.7. The van der Waals surface area contributed by atoms with Gasteiger partial charge in [-0.15, -0.1) is 0 Å². The smallest absolute Gasteiger partial charge is 0.241 e. The Bertz CT molecular complexity index is 990. The number of nitrogens with one attached hydrogen (secondary N) is 1. The molecular formula is C17H21N3O4S2. The lowest BCUT2D eigenvalue weighted by Gasteiger charge is -2.28. The summed E-state index contributed by atoms with van der Waals surface area (Å²) in [4.78, 5) is 3.99. The molecule has 0 bridgehead atoms.